The van der Waals surface area contributed by atoms with Crippen LogP contribution in [0.4, 0.5) is 0 Å². The smallest absolute Gasteiger partial charge is 0.347 e. The van der Waals surface area contributed by atoms with Gasteiger partial charge in [0.05, 0.1) is 6.04 Å². The number of nitrogens with one attached hydrogen (secondary N) is 1. The van der Waals surface area contributed by atoms with Crippen LogP contribution in [0.3, 0.4) is 0 Å². The molecule has 0 aliphatic carbocycles. The first-order valence-corrected chi connectivity index (χ1v) is 9.17. The van der Waals surface area contributed by atoms with E-state index in [1.165, 1.54) is 0 Å². The van der Waals surface area contributed by atoms with Crippen LogP contribution in [0.1, 0.15) is 25.6 Å². The van der Waals surface area contributed by atoms with Gasteiger partial charge in [-0.15, -0.1) is 0 Å². The van der Waals surface area contributed by atoms with Crippen LogP contribution in [0.5, 0.6) is 5.75 Å². The molecule has 2 aromatic carbocycles. The van der Waals surface area contributed by atoms with Gasteiger partial charge >= 0.3 is 5.97 Å². The maximum Gasteiger partial charge on any atom is 0.347 e. The molecule has 0 saturated carbocycles. The lowest BCUT2D eigenvalue weighted by Crippen LogP contribution is -2.34. The third-order valence-corrected chi connectivity index (χ3v) is 4.30. The van der Waals surface area contributed by atoms with E-state index in [0.717, 1.165) is 11.0 Å². The van der Waals surface area contributed by atoms with Crippen LogP contribution in [0.2, 0.25) is 5.02 Å². The number of hydrogen-bond acceptors (Lipinski definition) is 5. The molecule has 1 aromatic heterocycles. The number of furan rings is 1. The first kappa shape index (κ1) is 19.8. The van der Waals surface area contributed by atoms with Gasteiger partial charge in [0.25, 0.3) is 5.91 Å². The highest BCUT2D eigenvalue weighted by Gasteiger charge is 2.19. The van der Waals surface area contributed by atoms with Crippen molar-refractivity contribution in [2.45, 2.75) is 26.0 Å². The molecule has 3 rings (SSSR count). The molecule has 0 bridgehead atoms. The molecule has 7 heteroatoms. The van der Waals surface area contributed by atoms with Gasteiger partial charge in [-0.3, -0.25) is 4.79 Å². The highest BCUT2D eigenvalue weighted by atomic mass is 35.5. The normalized spacial score (nSPS) is 13.0. The molecule has 3 aromatic rings. The van der Waals surface area contributed by atoms with Crippen molar-refractivity contribution in [2.75, 3.05) is 6.61 Å². The second-order valence-corrected chi connectivity index (χ2v) is 6.73. The summed E-state index contributed by atoms with van der Waals surface area (Å²) in [5, 5.41) is 4.27. The largest absolute Gasteiger partial charge is 0.479 e. The summed E-state index contributed by atoms with van der Waals surface area (Å²) in [6.07, 6.45) is -0.859. The molecule has 0 fully saturated rings. The van der Waals surface area contributed by atoms with Gasteiger partial charge in [0.1, 0.15) is 17.1 Å². The standard InChI is InChI=1S/C21H20ClNO5/c1-13(19-11-15-5-3-4-6-18(15)28-19)23-20(24)12-26-21(25)14(2)27-17-9-7-16(22)8-10-17/h3-11,13-14H,12H2,1-2H3,(H,23,24)/t13-,14-/m1/s1. The lowest BCUT2D eigenvalue weighted by molar-refractivity contribution is -0.154. The Morgan fingerprint density at radius 2 is 1.82 bits per heavy atom. The fraction of sp³-hybridized carbons (Fsp3) is 0.238. The molecule has 1 heterocycles. The molecule has 6 nitrogen and oxygen atoms in total. The van der Waals surface area contributed by atoms with Crippen LogP contribution in [0.15, 0.2) is 59.0 Å². The number of amides is 1. The lowest BCUT2D eigenvalue weighted by Gasteiger charge is -2.15. The van der Waals surface area contributed by atoms with E-state index in [9.17, 15) is 9.59 Å². The average Bonchev–Trinajstić information content (AvgIpc) is 3.12. The second-order valence-electron chi connectivity index (χ2n) is 6.30. The van der Waals surface area contributed by atoms with Crippen molar-refractivity contribution >= 4 is 34.4 Å². The third-order valence-electron chi connectivity index (χ3n) is 4.05. The van der Waals surface area contributed by atoms with Gasteiger partial charge in [0.15, 0.2) is 12.7 Å². The summed E-state index contributed by atoms with van der Waals surface area (Å²) in [4.78, 5) is 24.1. The summed E-state index contributed by atoms with van der Waals surface area (Å²) >= 11 is 5.81. The molecule has 1 amide bonds. The summed E-state index contributed by atoms with van der Waals surface area (Å²) in [6, 6.07) is 15.7. The van der Waals surface area contributed by atoms with Gasteiger partial charge in [-0.1, -0.05) is 29.8 Å². The Morgan fingerprint density at radius 3 is 2.54 bits per heavy atom. The molecule has 0 saturated heterocycles. The topological polar surface area (TPSA) is 77.8 Å². The molecule has 0 aliphatic rings. The van der Waals surface area contributed by atoms with Crippen LogP contribution >= 0.6 is 11.6 Å². The van der Waals surface area contributed by atoms with Gasteiger partial charge in [0.2, 0.25) is 0 Å². The van der Waals surface area contributed by atoms with Crippen LogP contribution in [0.25, 0.3) is 11.0 Å². The fourth-order valence-corrected chi connectivity index (χ4v) is 2.72. The number of fused-ring (bicyclic) bond motifs is 1. The Balaban J connectivity index is 1.47. The molecule has 1 N–H and O–H groups in total. The summed E-state index contributed by atoms with van der Waals surface area (Å²) in [7, 11) is 0. The minimum Gasteiger partial charge on any atom is -0.479 e. The van der Waals surface area contributed by atoms with Crippen molar-refractivity contribution in [3.63, 3.8) is 0 Å². The Bertz CT molecular complexity index is 933. The molecule has 146 valence electrons. The predicted molar refractivity (Wildman–Crippen MR) is 105 cm³/mol. The van der Waals surface area contributed by atoms with Gasteiger partial charge in [-0.05, 0) is 50.2 Å². The minimum absolute atomic E-state index is 0.360. The van der Waals surface area contributed by atoms with Crippen LogP contribution in [-0.4, -0.2) is 24.6 Å². The molecular weight excluding hydrogens is 382 g/mol. The minimum atomic E-state index is -0.859. The van der Waals surface area contributed by atoms with Gasteiger partial charge in [-0.2, -0.15) is 0 Å². The van der Waals surface area contributed by atoms with E-state index in [-0.39, 0.29) is 6.04 Å². The third kappa shape index (κ3) is 5.04. The summed E-state index contributed by atoms with van der Waals surface area (Å²) in [5.74, 6) is 0.0404. The van der Waals surface area contributed by atoms with E-state index in [4.69, 9.17) is 25.5 Å². The number of rotatable bonds is 7. The van der Waals surface area contributed by atoms with Crippen LogP contribution < -0.4 is 10.1 Å². The second kappa shape index (κ2) is 8.80. The summed E-state index contributed by atoms with van der Waals surface area (Å²) in [5.41, 5.74) is 0.748. The number of esters is 1. The van der Waals surface area contributed by atoms with E-state index in [0.29, 0.717) is 16.5 Å². The SMILES string of the molecule is C[C@@H](Oc1ccc(Cl)cc1)C(=O)OCC(=O)N[C@H](C)c1cc2ccccc2o1. The Hall–Kier alpha value is -2.99. The van der Waals surface area contributed by atoms with Crippen molar-refractivity contribution in [3.05, 3.63) is 65.4 Å². The monoisotopic (exact) mass is 401 g/mol. The fourth-order valence-electron chi connectivity index (χ4n) is 2.59. The molecule has 28 heavy (non-hydrogen) atoms. The van der Waals surface area contributed by atoms with Crippen LogP contribution in [0, 0.1) is 0 Å². The maximum absolute atomic E-state index is 12.1. The number of ether oxygens (including phenoxy) is 2. The predicted octanol–water partition coefficient (Wildman–Crippen LogP) is 4.27. The van der Waals surface area contributed by atoms with Gasteiger partial charge in [0, 0.05) is 10.4 Å². The number of carbonyl (C=O) groups excluding carboxylic acids is 2. The van der Waals surface area contributed by atoms with E-state index in [1.807, 2.05) is 30.3 Å². The van der Waals surface area contributed by atoms with Gasteiger partial charge < -0.3 is 19.2 Å². The molecule has 2 atom stereocenters. The number of benzene rings is 2. The summed E-state index contributed by atoms with van der Waals surface area (Å²) < 4.78 is 16.2. The molecule has 0 aliphatic heterocycles. The molecule has 0 radical (unpaired) electrons. The van der Waals surface area contributed by atoms with E-state index in [2.05, 4.69) is 5.32 Å². The lowest BCUT2D eigenvalue weighted by atomic mass is 10.2. The van der Waals surface area contributed by atoms with Crippen molar-refractivity contribution < 1.29 is 23.5 Å². The average molecular weight is 402 g/mol. The number of hydrogen-bond donors (Lipinski definition) is 1. The Kier molecular flexibility index (Phi) is 6.21. The highest BCUT2D eigenvalue weighted by Crippen LogP contribution is 2.23. The summed E-state index contributed by atoms with van der Waals surface area (Å²) in [6.45, 7) is 2.94. The maximum atomic E-state index is 12.1. The molecule has 0 spiro atoms. The van der Waals surface area contributed by atoms with Crippen LogP contribution in [-0.2, 0) is 14.3 Å². The zero-order valence-electron chi connectivity index (χ0n) is 15.5. The molecular formula is C21H20ClNO5. The first-order chi connectivity index (χ1) is 13.4. The number of carbonyl (C=O) groups is 2. The zero-order valence-corrected chi connectivity index (χ0v) is 16.2. The van der Waals surface area contributed by atoms with Crippen molar-refractivity contribution in [1.29, 1.82) is 0 Å². The van der Waals surface area contributed by atoms with E-state index in [1.54, 1.807) is 38.1 Å². The van der Waals surface area contributed by atoms with E-state index >= 15 is 0 Å². The Labute approximate surface area is 167 Å². The highest BCUT2D eigenvalue weighted by molar-refractivity contribution is 6.30. The van der Waals surface area contributed by atoms with Crippen molar-refractivity contribution in [2.24, 2.45) is 0 Å². The zero-order chi connectivity index (χ0) is 20.1. The number of para-hydroxylation sites is 1. The first-order valence-electron chi connectivity index (χ1n) is 8.79. The van der Waals surface area contributed by atoms with Crippen molar-refractivity contribution in [3.8, 4) is 5.75 Å². The number of halogens is 1. The van der Waals surface area contributed by atoms with Gasteiger partial charge in [-0.25, -0.2) is 4.79 Å². The quantitative estimate of drug-likeness (QED) is 0.598. The van der Waals surface area contributed by atoms with Crippen molar-refractivity contribution in [1.82, 2.24) is 5.32 Å². The Morgan fingerprint density at radius 1 is 1.11 bits per heavy atom. The van der Waals surface area contributed by atoms with E-state index < -0.39 is 24.6 Å². The molecule has 0 unspecified atom stereocenters.